The van der Waals surface area contributed by atoms with E-state index in [1.807, 2.05) is 19.1 Å². The molecule has 0 saturated carbocycles. The number of anilines is 1. The Kier molecular flexibility index (Phi) is 8.83. The standard InChI is InChI=1S/C18H31N5O/c1-13(2)9-10-15(4)22-18(19-5)20-12-11-17(24)23-16-8-6-7-14(3)21-16/h6-8,13,15H,9-12H2,1-5H3,(H2,19,20,22)(H,21,23,24). The van der Waals surface area contributed by atoms with E-state index < -0.39 is 0 Å². The number of rotatable bonds is 8. The molecule has 1 amide bonds. The predicted molar refractivity (Wildman–Crippen MR) is 100 cm³/mol. The Morgan fingerprint density at radius 1 is 1.25 bits per heavy atom. The number of hydrogen-bond acceptors (Lipinski definition) is 3. The molecular formula is C18H31N5O. The molecular weight excluding hydrogens is 302 g/mol. The van der Waals surface area contributed by atoms with Crippen LogP contribution in [0.1, 0.15) is 45.7 Å². The minimum atomic E-state index is -0.0658. The zero-order valence-corrected chi connectivity index (χ0v) is 15.5. The topological polar surface area (TPSA) is 78.4 Å². The summed E-state index contributed by atoms with van der Waals surface area (Å²) < 4.78 is 0. The summed E-state index contributed by atoms with van der Waals surface area (Å²) in [6.07, 6.45) is 2.63. The van der Waals surface area contributed by atoms with Crippen molar-refractivity contribution >= 4 is 17.7 Å². The van der Waals surface area contributed by atoms with Crippen LogP contribution in [0.15, 0.2) is 23.2 Å². The van der Waals surface area contributed by atoms with Gasteiger partial charge in [-0.25, -0.2) is 4.98 Å². The molecule has 1 rings (SSSR count). The maximum atomic E-state index is 11.9. The molecule has 0 aromatic carbocycles. The summed E-state index contributed by atoms with van der Waals surface area (Å²) in [6.45, 7) is 9.01. The van der Waals surface area contributed by atoms with Crippen molar-refractivity contribution in [2.75, 3.05) is 18.9 Å². The third kappa shape index (κ3) is 8.50. The van der Waals surface area contributed by atoms with Gasteiger partial charge >= 0.3 is 0 Å². The highest BCUT2D eigenvalue weighted by atomic mass is 16.1. The molecule has 134 valence electrons. The van der Waals surface area contributed by atoms with Gasteiger partial charge in [-0.2, -0.15) is 0 Å². The SMILES string of the molecule is CN=C(NCCC(=O)Nc1cccc(C)n1)NC(C)CCC(C)C. The lowest BCUT2D eigenvalue weighted by molar-refractivity contribution is -0.116. The van der Waals surface area contributed by atoms with Crippen LogP contribution in [0.4, 0.5) is 5.82 Å². The number of aliphatic imine (C=N–C) groups is 1. The van der Waals surface area contributed by atoms with Crippen molar-refractivity contribution in [1.29, 1.82) is 0 Å². The monoisotopic (exact) mass is 333 g/mol. The molecule has 0 spiro atoms. The first-order valence-corrected chi connectivity index (χ1v) is 8.61. The van der Waals surface area contributed by atoms with E-state index in [0.717, 1.165) is 18.1 Å². The maximum Gasteiger partial charge on any atom is 0.227 e. The second kappa shape index (κ2) is 10.6. The van der Waals surface area contributed by atoms with Crippen molar-refractivity contribution in [3.63, 3.8) is 0 Å². The molecule has 1 atom stereocenters. The zero-order valence-electron chi connectivity index (χ0n) is 15.5. The van der Waals surface area contributed by atoms with Gasteiger partial charge in [0.25, 0.3) is 0 Å². The van der Waals surface area contributed by atoms with Gasteiger partial charge in [0, 0.05) is 31.7 Å². The van der Waals surface area contributed by atoms with Crippen LogP contribution in [-0.2, 0) is 4.79 Å². The van der Waals surface area contributed by atoms with Gasteiger partial charge in [0.05, 0.1) is 0 Å². The maximum absolute atomic E-state index is 11.9. The van der Waals surface area contributed by atoms with Gasteiger partial charge in [-0.05, 0) is 44.7 Å². The molecule has 1 unspecified atom stereocenters. The van der Waals surface area contributed by atoms with E-state index in [1.54, 1.807) is 13.1 Å². The first-order chi connectivity index (χ1) is 11.4. The van der Waals surface area contributed by atoms with Crippen LogP contribution < -0.4 is 16.0 Å². The van der Waals surface area contributed by atoms with Gasteiger partial charge in [0.15, 0.2) is 5.96 Å². The number of pyridine rings is 1. The van der Waals surface area contributed by atoms with Gasteiger partial charge in [-0.1, -0.05) is 19.9 Å². The van der Waals surface area contributed by atoms with E-state index in [4.69, 9.17) is 0 Å². The number of guanidine groups is 1. The Morgan fingerprint density at radius 3 is 2.62 bits per heavy atom. The van der Waals surface area contributed by atoms with Gasteiger partial charge in [0.2, 0.25) is 5.91 Å². The molecule has 3 N–H and O–H groups in total. The Labute approximate surface area is 145 Å². The summed E-state index contributed by atoms with van der Waals surface area (Å²) >= 11 is 0. The molecule has 0 fully saturated rings. The minimum Gasteiger partial charge on any atom is -0.356 e. The molecule has 6 nitrogen and oxygen atoms in total. The van der Waals surface area contributed by atoms with Crippen LogP contribution in [0, 0.1) is 12.8 Å². The Bertz CT molecular complexity index is 542. The lowest BCUT2D eigenvalue weighted by Gasteiger charge is -2.18. The fourth-order valence-electron chi connectivity index (χ4n) is 2.20. The van der Waals surface area contributed by atoms with Crippen LogP contribution in [0.3, 0.4) is 0 Å². The summed E-state index contributed by atoms with van der Waals surface area (Å²) in [4.78, 5) is 20.4. The quantitative estimate of drug-likeness (QED) is 0.505. The highest BCUT2D eigenvalue weighted by molar-refractivity contribution is 5.90. The minimum absolute atomic E-state index is 0.0658. The highest BCUT2D eigenvalue weighted by Crippen LogP contribution is 2.06. The molecule has 0 radical (unpaired) electrons. The van der Waals surface area contributed by atoms with E-state index >= 15 is 0 Å². The largest absolute Gasteiger partial charge is 0.356 e. The summed E-state index contributed by atoms with van der Waals surface area (Å²) in [5.41, 5.74) is 0.880. The number of nitrogens with one attached hydrogen (secondary N) is 3. The summed E-state index contributed by atoms with van der Waals surface area (Å²) in [5.74, 6) is 1.95. The second-order valence-electron chi connectivity index (χ2n) is 6.48. The lowest BCUT2D eigenvalue weighted by atomic mass is 10.0. The average molecular weight is 333 g/mol. The normalized spacial score (nSPS) is 12.8. The fourth-order valence-corrected chi connectivity index (χ4v) is 2.20. The van der Waals surface area contributed by atoms with Crippen molar-refractivity contribution in [3.05, 3.63) is 23.9 Å². The van der Waals surface area contributed by atoms with Crippen molar-refractivity contribution in [2.24, 2.45) is 10.9 Å². The summed E-state index contributed by atoms with van der Waals surface area (Å²) in [5, 5.41) is 9.32. The van der Waals surface area contributed by atoms with E-state index in [2.05, 4.69) is 46.7 Å². The van der Waals surface area contributed by atoms with E-state index in [9.17, 15) is 4.79 Å². The van der Waals surface area contributed by atoms with E-state index in [1.165, 1.54) is 6.42 Å². The number of aromatic nitrogens is 1. The van der Waals surface area contributed by atoms with Crippen molar-refractivity contribution < 1.29 is 4.79 Å². The molecule has 1 aromatic rings. The molecule has 0 saturated heterocycles. The second-order valence-corrected chi connectivity index (χ2v) is 6.48. The first kappa shape index (κ1) is 19.9. The van der Waals surface area contributed by atoms with Crippen molar-refractivity contribution in [1.82, 2.24) is 15.6 Å². The fraction of sp³-hybridized carbons (Fsp3) is 0.611. The Balaban J connectivity index is 2.29. The zero-order chi connectivity index (χ0) is 17.9. The van der Waals surface area contributed by atoms with E-state index in [-0.39, 0.29) is 5.91 Å². The number of nitrogens with zero attached hydrogens (tertiary/aromatic N) is 2. The smallest absolute Gasteiger partial charge is 0.227 e. The molecule has 1 aromatic heterocycles. The summed E-state index contributed by atoms with van der Waals surface area (Å²) in [6, 6.07) is 5.91. The van der Waals surface area contributed by atoms with Gasteiger partial charge in [-0.15, -0.1) is 0 Å². The van der Waals surface area contributed by atoms with Gasteiger partial charge in [0.1, 0.15) is 5.82 Å². The first-order valence-electron chi connectivity index (χ1n) is 8.61. The van der Waals surface area contributed by atoms with Crippen LogP contribution in [0.5, 0.6) is 0 Å². The van der Waals surface area contributed by atoms with Crippen LogP contribution in [0.25, 0.3) is 0 Å². The Hall–Kier alpha value is -2.11. The number of aryl methyl sites for hydroxylation is 1. The molecule has 0 bridgehead atoms. The van der Waals surface area contributed by atoms with Gasteiger partial charge < -0.3 is 16.0 Å². The third-order valence-corrected chi connectivity index (χ3v) is 3.58. The van der Waals surface area contributed by atoms with Crippen LogP contribution in [-0.4, -0.2) is 36.5 Å². The van der Waals surface area contributed by atoms with Crippen LogP contribution >= 0.6 is 0 Å². The number of carbonyl (C=O) groups excluding carboxylic acids is 1. The molecule has 0 aliphatic heterocycles. The highest BCUT2D eigenvalue weighted by Gasteiger charge is 2.08. The van der Waals surface area contributed by atoms with Crippen molar-refractivity contribution in [2.45, 2.75) is 53.0 Å². The number of hydrogen-bond donors (Lipinski definition) is 3. The van der Waals surface area contributed by atoms with Gasteiger partial charge in [-0.3, -0.25) is 9.79 Å². The molecule has 24 heavy (non-hydrogen) atoms. The number of amides is 1. The molecule has 0 aliphatic carbocycles. The lowest BCUT2D eigenvalue weighted by Crippen LogP contribution is -2.43. The molecule has 6 heteroatoms. The van der Waals surface area contributed by atoms with Crippen LogP contribution in [0.2, 0.25) is 0 Å². The predicted octanol–water partition coefficient (Wildman–Crippen LogP) is 2.71. The van der Waals surface area contributed by atoms with E-state index in [0.29, 0.717) is 30.7 Å². The Morgan fingerprint density at radius 2 is 2.00 bits per heavy atom. The average Bonchev–Trinajstić information content (AvgIpc) is 2.52. The molecule has 0 aliphatic rings. The van der Waals surface area contributed by atoms with Crippen molar-refractivity contribution in [3.8, 4) is 0 Å². The molecule has 1 heterocycles. The number of carbonyl (C=O) groups is 1. The summed E-state index contributed by atoms with van der Waals surface area (Å²) in [7, 11) is 1.74. The third-order valence-electron chi connectivity index (χ3n) is 3.58.